The summed E-state index contributed by atoms with van der Waals surface area (Å²) < 4.78 is 0. The van der Waals surface area contributed by atoms with Crippen molar-refractivity contribution in [2.75, 3.05) is 6.61 Å². The third-order valence-corrected chi connectivity index (χ3v) is 1.58. The minimum absolute atomic E-state index is 0.349. The number of hydrazine groups is 1. The smallest absolute Gasteiger partial charge is 0.265 e. The molecule has 0 unspecified atom stereocenters. The van der Waals surface area contributed by atoms with Crippen molar-refractivity contribution in [2.24, 2.45) is 0 Å². The summed E-state index contributed by atoms with van der Waals surface area (Å²) in [6.45, 7) is -0.349. The summed E-state index contributed by atoms with van der Waals surface area (Å²) in [7, 11) is 0. The minimum Gasteiger partial charge on any atom is -0.395 e. The lowest BCUT2D eigenvalue weighted by atomic mass is 10.0. The number of carbonyl (C=O) groups is 1. The second kappa shape index (κ2) is 3.14. The molecule has 0 spiro atoms. The lowest BCUT2D eigenvalue weighted by molar-refractivity contribution is -0.144. The molecule has 1 saturated heterocycles. The Morgan fingerprint density at radius 1 is 1.45 bits per heavy atom. The first-order valence-electron chi connectivity index (χ1n) is 3.19. The second-order valence-corrected chi connectivity index (χ2v) is 2.36. The van der Waals surface area contributed by atoms with Crippen LogP contribution in [0.4, 0.5) is 0 Å². The van der Waals surface area contributed by atoms with Gasteiger partial charge >= 0.3 is 0 Å². The van der Waals surface area contributed by atoms with Gasteiger partial charge in [0.05, 0.1) is 12.6 Å². The molecule has 11 heavy (non-hydrogen) atoms. The minimum atomic E-state index is -1.46. The van der Waals surface area contributed by atoms with Crippen LogP contribution in [-0.2, 0) is 4.79 Å². The van der Waals surface area contributed by atoms with Gasteiger partial charge in [0.15, 0.2) is 6.10 Å². The van der Waals surface area contributed by atoms with Crippen molar-refractivity contribution in [2.45, 2.75) is 18.2 Å². The summed E-state index contributed by atoms with van der Waals surface area (Å²) in [5.41, 5.74) is 4.44. The van der Waals surface area contributed by atoms with E-state index in [1.54, 1.807) is 0 Å². The summed E-state index contributed by atoms with van der Waals surface area (Å²) in [4.78, 5) is 10.6. The summed E-state index contributed by atoms with van der Waals surface area (Å²) in [6.07, 6.45) is -2.72. The first kappa shape index (κ1) is 8.41. The van der Waals surface area contributed by atoms with Crippen molar-refractivity contribution in [1.82, 2.24) is 10.9 Å². The number of hydrogen-bond acceptors (Lipinski definition) is 5. The van der Waals surface area contributed by atoms with Crippen LogP contribution < -0.4 is 10.9 Å². The maximum absolute atomic E-state index is 10.6. The Balaban J connectivity index is 2.59. The Morgan fingerprint density at radius 2 is 2.09 bits per heavy atom. The molecule has 0 bridgehead atoms. The largest absolute Gasteiger partial charge is 0.395 e. The fraction of sp³-hybridized carbons (Fsp3) is 0.800. The van der Waals surface area contributed by atoms with E-state index < -0.39 is 24.2 Å². The molecule has 1 rings (SSSR count). The lowest BCUT2D eigenvalue weighted by Gasteiger charge is -2.30. The van der Waals surface area contributed by atoms with E-state index in [0.717, 1.165) is 0 Å². The van der Waals surface area contributed by atoms with Gasteiger partial charge < -0.3 is 15.3 Å². The molecule has 1 aliphatic rings. The maximum Gasteiger partial charge on any atom is 0.265 e. The zero-order valence-electron chi connectivity index (χ0n) is 5.69. The number of amides is 1. The zero-order valence-corrected chi connectivity index (χ0v) is 5.69. The Labute approximate surface area is 62.8 Å². The molecule has 0 radical (unpaired) electrons. The second-order valence-electron chi connectivity index (χ2n) is 2.36. The third-order valence-electron chi connectivity index (χ3n) is 1.58. The van der Waals surface area contributed by atoms with Crippen molar-refractivity contribution in [1.29, 1.82) is 0 Å². The normalized spacial score (nSPS) is 38.5. The molecule has 0 saturated carbocycles. The van der Waals surface area contributed by atoms with Gasteiger partial charge in [0.2, 0.25) is 0 Å². The van der Waals surface area contributed by atoms with E-state index in [9.17, 15) is 4.79 Å². The van der Waals surface area contributed by atoms with E-state index >= 15 is 0 Å². The van der Waals surface area contributed by atoms with Gasteiger partial charge in [-0.2, -0.15) is 0 Å². The highest BCUT2D eigenvalue weighted by molar-refractivity contribution is 5.81. The van der Waals surface area contributed by atoms with E-state index in [1.165, 1.54) is 0 Å². The number of aliphatic hydroxyl groups excluding tert-OH is 3. The van der Waals surface area contributed by atoms with Crippen molar-refractivity contribution >= 4 is 5.91 Å². The van der Waals surface area contributed by atoms with E-state index in [1.807, 2.05) is 0 Å². The van der Waals surface area contributed by atoms with Gasteiger partial charge in [-0.05, 0) is 0 Å². The number of rotatable bonds is 1. The molecule has 64 valence electrons. The molecule has 1 heterocycles. The summed E-state index contributed by atoms with van der Waals surface area (Å²) >= 11 is 0. The first-order chi connectivity index (χ1) is 5.16. The van der Waals surface area contributed by atoms with Gasteiger partial charge in [0, 0.05) is 0 Å². The van der Waals surface area contributed by atoms with E-state index in [0.29, 0.717) is 0 Å². The standard InChI is InChI=1S/C5H10N2O4/c8-1-2-3(9)4(10)5(11)7-6-2/h2-4,6,8-10H,1H2,(H,7,11)/t2-,3-,4+/m1/s1. The molecule has 0 aromatic rings. The van der Waals surface area contributed by atoms with Crippen LogP contribution >= 0.6 is 0 Å². The molecular weight excluding hydrogens is 152 g/mol. The number of carbonyl (C=O) groups excluding carboxylic acids is 1. The van der Waals surface area contributed by atoms with Crippen LogP contribution in [0.25, 0.3) is 0 Å². The molecule has 6 heteroatoms. The third kappa shape index (κ3) is 1.48. The van der Waals surface area contributed by atoms with Gasteiger partial charge in [0.25, 0.3) is 5.91 Å². The monoisotopic (exact) mass is 162 g/mol. The average molecular weight is 162 g/mol. The molecule has 1 amide bonds. The number of hydrogen-bond donors (Lipinski definition) is 5. The van der Waals surface area contributed by atoms with Crippen LogP contribution in [0.1, 0.15) is 0 Å². The van der Waals surface area contributed by atoms with E-state index in [-0.39, 0.29) is 6.61 Å². The SMILES string of the molecule is O=C1NN[C@H](CO)[C@@H](O)[C@@H]1O. The topological polar surface area (TPSA) is 102 Å². The van der Waals surface area contributed by atoms with E-state index in [4.69, 9.17) is 15.3 Å². The quantitative estimate of drug-likeness (QED) is 0.278. The van der Waals surface area contributed by atoms with Crippen LogP contribution in [0.3, 0.4) is 0 Å². The summed E-state index contributed by atoms with van der Waals surface area (Å²) in [5.74, 6) is -0.692. The molecule has 3 atom stereocenters. The Bertz CT molecular complexity index is 163. The van der Waals surface area contributed by atoms with Gasteiger partial charge in [0.1, 0.15) is 6.10 Å². The highest BCUT2D eigenvalue weighted by Crippen LogP contribution is 2.03. The van der Waals surface area contributed by atoms with Gasteiger partial charge in [-0.1, -0.05) is 0 Å². The Morgan fingerprint density at radius 3 is 2.64 bits per heavy atom. The average Bonchev–Trinajstić information content (AvgIpc) is 2.01. The van der Waals surface area contributed by atoms with Crippen LogP contribution in [0.15, 0.2) is 0 Å². The fourth-order valence-electron chi connectivity index (χ4n) is 0.852. The number of nitrogens with one attached hydrogen (secondary N) is 2. The van der Waals surface area contributed by atoms with Crippen molar-refractivity contribution < 1.29 is 20.1 Å². The van der Waals surface area contributed by atoms with Gasteiger partial charge in [-0.25, -0.2) is 5.43 Å². The van der Waals surface area contributed by atoms with Crippen LogP contribution in [-0.4, -0.2) is 46.1 Å². The van der Waals surface area contributed by atoms with Crippen LogP contribution in [0.5, 0.6) is 0 Å². The summed E-state index contributed by atoms with van der Waals surface area (Å²) in [5, 5.41) is 26.6. The van der Waals surface area contributed by atoms with Gasteiger partial charge in [-0.3, -0.25) is 10.2 Å². The van der Waals surface area contributed by atoms with Crippen LogP contribution in [0.2, 0.25) is 0 Å². The highest BCUT2D eigenvalue weighted by atomic mass is 16.3. The predicted molar refractivity (Wildman–Crippen MR) is 34.2 cm³/mol. The molecule has 0 aliphatic carbocycles. The Hall–Kier alpha value is -0.690. The maximum atomic E-state index is 10.6. The van der Waals surface area contributed by atoms with Crippen molar-refractivity contribution in [3.63, 3.8) is 0 Å². The molecule has 6 nitrogen and oxygen atoms in total. The van der Waals surface area contributed by atoms with Crippen LogP contribution in [0, 0.1) is 0 Å². The molecule has 5 N–H and O–H groups in total. The Kier molecular flexibility index (Phi) is 2.40. The predicted octanol–water partition coefficient (Wildman–Crippen LogP) is -3.30. The first-order valence-corrected chi connectivity index (χ1v) is 3.19. The van der Waals surface area contributed by atoms with E-state index in [2.05, 4.69) is 10.9 Å². The molecule has 1 fully saturated rings. The van der Waals surface area contributed by atoms with Crippen molar-refractivity contribution in [3.05, 3.63) is 0 Å². The number of aliphatic hydroxyl groups is 3. The van der Waals surface area contributed by atoms with Crippen molar-refractivity contribution in [3.8, 4) is 0 Å². The molecular formula is C5H10N2O4. The molecule has 0 aromatic heterocycles. The highest BCUT2D eigenvalue weighted by Gasteiger charge is 2.35. The molecule has 0 aromatic carbocycles. The lowest BCUT2D eigenvalue weighted by Crippen LogP contribution is -2.65. The zero-order chi connectivity index (χ0) is 8.43. The molecule has 1 aliphatic heterocycles. The van der Waals surface area contributed by atoms with Gasteiger partial charge in [-0.15, -0.1) is 0 Å². The summed E-state index contributed by atoms with van der Waals surface area (Å²) in [6, 6.07) is -0.706. The fourth-order valence-corrected chi connectivity index (χ4v) is 0.852.